The highest BCUT2D eigenvalue weighted by Crippen LogP contribution is 2.21. The van der Waals surface area contributed by atoms with E-state index in [1.807, 2.05) is 6.92 Å². The van der Waals surface area contributed by atoms with Crippen molar-refractivity contribution in [1.29, 1.82) is 0 Å². The van der Waals surface area contributed by atoms with Crippen molar-refractivity contribution in [2.75, 3.05) is 0 Å². The van der Waals surface area contributed by atoms with Crippen molar-refractivity contribution in [3.8, 4) is 0 Å². The lowest BCUT2D eigenvalue weighted by Gasteiger charge is -2.08. The van der Waals surface area contributed by atoms with E-state index in [1.54, 1.807) is 44.2 Å². The Morgan fingerprint density at radius 1 is 1.00 bits per heavy atom. The van der Waals surface area contributed by atoms with Gasteiger partial charge in [0.05, 0.1) is 0 Å². The summed E-state index contributed by atoms with van der Waals surface area (Å²) in [5.74, 6) is -0.371. The lowest BCUT2D eigenvalue weighted by atomic mass is 9.96. The number of hydrogen-bond acceptors (Lipinski definition) is 1. The zero-order chi connectivity index (χ0) is 14.2. The smallest absolute Gasteiger partial charge is 0.193 e. The van der Waals surface area contributed by atoms with Gasteiger partial charge in [-0.2, -0.15) is 0 Å². The van der Waals surface area contributed by atoms with E-state index in [-0.39, 0.29) is 11.6 Å². The molecule has 0 N–H and O–H groups in total. The summed E-state index contributed by atoms with van der Waals surface area (Å²) < 4.78 is 13.6. The summed E-state index contributed by atoms with van der Waals surface area (Å²) in [5.41, 5.74) is 2.87. The SMILES string of the molecule is Cc1cc(Cl)ccc1C(=O)c1cc(C)c(F)c(C)c1. The Labute approximate surface area is 117 Å². The van der Waals surface area contributed by atoms with Crippen LogP contribution in [-0.2, 0) is 0 Å². The van der Waals surface area contributed by atoms with Gasteiger partial charge in [-0.1, -0.05) is 11.6 Å². The van der Waals surface area contributed by atoms with Crippen LogP contribution in [0, 0.1) is 26.6 Å². The summed E-state index contributed by atoms with van der Waals surface area (Å²) >= 11 is 5.88. The lowest BCUT2D eigenvalue weighted by Crippen LogP contribution is -2.05. The van der Waals surface area contributed by atoms with Gasteiger partial charge < -0.3 is 0 Å². The van der Waals surface area contributed by atoms with E-state index in [2.05, 4.69) is 0 Å². The maximum Gasteiger partial charge on any atom is 0.193 e. The molecule has 1 nitrogen and oxygen atoms in total. The van der Waals surface area contributed by atoms with Crippen LogP contribution in [0.5, 0.6) is 0 Å². The predicted molar refractivity (Wildman–Crippen MR) is 75.5 cm³/mol. The molecule has 0 aliphatic heterocycles. The van der Waals surface area contributed by atoms with Crippen molar-refractivity contribution in [3.63, 3.8) is 0 Å². The summed E-state index contributed by atoms with van der Waals surface area (Å²) in [4.78, 5) is 12.4. The monoisotopic (exact) mass is 276 g/mol. The van der Waals surface area contributed by atoms with Gasteiger partial charge >= 0.3 is 0 Å². The first kappa shape index (κ1) is 13.8. The van der Waals surface area contributed by atoms with Crippen molar-refractivity contribution in [2.24, 2.45) is 0 Å². The molecule has 0 heterocycles. The Balaban J connectivity index is 2.50. The first-order valence-corrected chi connectivity index (χ1v) is 6.35. The van der Waals surface area contributed by atoms with Gasteiger partial charge in [0.2, 0.25) is 0 Å². The normalized spacial score (nSPS) is 10.6. The summed E-state index contributed by atoms with van der Waals surface area (Å²) in [6, 6.07) is 8.30. The molecule has 0 aliphatic carbocycles. The summed E-state index contributed by atoms with van der Waals surface area (Å²) in [7, 11) is 0. The molecular formula is C16H14ClFO. The van der Waals surface area contributed by atoms with Gasteiger partial charge in [0, 0.05) is 16.1 Å². The Kier molecular flexibility index (Phi) is 3.72. The average molecular weight is 277 g/mol. The zero-order valence-electron chi connectivity index (χ0n) is 11.1. The molecule has 2 rings (SSSR count). The van der Waals surface area contributed by atoms with Crippen LogP contribution in [0.2, 0.25) is 5.02 Å². The van der Waals surface area contributed by atoms with Gasteiger partial charge in [-0.3, -0.25) is 4.79 Å². The topological polar surface area (TPSA) is 17.1 Å². The molecule has 0 aliphatic rings. The summed E-state index contributed by atoms with van der Waals surface area (Å²) in [6.45, 7) is 5.16. The highest BCUT2D eigenvalue weighted by molar-refractivity contribution is 6.30. The van der Waals surface area contributed by atoms with Crippen LogP contribution in [-0.4, -0.2) is 5.78 Å². The molecule has 0 fully saturated rings. The largest absolute Gasteiger partial charge is 0.289 e. The first-order valence-electron chi connectivity index (χ1n) is 5.97. The standard InChI is InChI=1S/C16H14ClFO/c1-9-8-13(17)4-5-14(9)16(19)12-6-10(2)15(18)11(3)7-12/h4-8H,1-3H3. The third kappa shape index (κ3) is 2.69. The average Bonchev–Trinajstić information content (AvgIpc) is 2.34. The van der Waals surface area contributed by atoms with E-state index in [1.165, 1.54) is 0 Å². The van der Waals surface area contributed by atoms with E-state index in [9.17, 15) is 9.18 Å². The molecule has 19 heavy (non-hydrogen) atoms. The molecule has 0 saturated heterocycles. The molecule has 0 amide bonds. The van der Waals surface area contributed by atoms with E-state index < -0.39 is 0 Å². The third-order valence-electron chi connectivity index (χ3n) is 3.13. The molecule has 2 aromatic rings. The predicted octanol–water partition coefficient (Wildman–Crippen LogP) is 4.64. The quantitative estimate of drug-likeness (QED) is 0.731. The number of carbonyl (C=O) groups is 1. The van der Waals surface area contributed by atoms with Crippen molar-refractivity contribution < 1.29 is 9.18 Å². The number of ketones is 1. The maximum atomic E-state index is 13.6. The van der Waals surface area contributed by atoms with Crippen LogP contribution in [0.1, 0.15) is 32.6 Å². The van der Waals surface area contributed by atoms with Crippen LogP contribution in [0.15, 0.2) is 30.3 Å². The minimum absolute atomic E-state index is 0.111. The van der Waals surface area contributed by atoms with Crippen molar-refractivity contribution >= 4 is 17.4 Å². The molecule has 0 spiro atoms. The van der Waals surface area contributed by atoms with E-state index >= 15 is 0 Å². The molecule has 3 heteroatoms. The molecule has 2 aromatic carbocycles. The second-order valence-corrected chi connectivity index (χ2v) is 5.15. The van der Waals surface area contributed by atoms with Gasteiger partial charge in [-0.15, -0.1) is 0 Å². The minimum atomic E-state index is -0.260. The summed E-state index contributed by atoms with van der Waals surface area (Å²) in [6.07, 6.45) is 0. The van der Waals surface area contributed by atoms with Gasteiger partial charge in [-0.25, -0.2) is 4.39 Å². The van der Waals surface area contributed by atoms with Crippen LogP contribution in [0.25, 0.3) is 0 Å². The van der Waals surface area contributed by atoms with Gasteiger partial charge in [-0.05, 0) is 67.8 Å². The Bertz CT molecular complexity index is 639. The van der Waals surface area contributed by atoms with Crippen LogP contribution >= 0.6 is 11.6 Å². The molecule has 0 aromatic heterocycles. The number of halogens is 2. The fourth-order valence-electron chi connectivity index (χ4n) is 2.11. The number of hydrogen-bond donors (Lipinski definition) is 0. The van der Waals surface area contributed by atoms with E-state index in [0.29, 0.717) is 27.3 Å². The maximum absolute atomic E-state index is 13.6. The fraction of sp³-hybridized carbons (Fsp3) is 0.188. The Morgan fingerprint density at radius 3 is 2.11 bits per heavy atom. The lowest BCUT2D eigenvalue weighted by molar-refractivity contribution is 0.103. The number of carbonyl (C=O) groups excluding carboxylic acids is 1. The van der Waals surface area contributed by atoms with Gasteiger partial charge in [0.15, 0.2) is 5.78 Å². The molecule has 0 radical (unpaired) electrons. The van der Waals surface area contributed by atoms with Crippen LogP contribution in [0.3, 0.4) is 0 Å². The van der Waals surface area contributed by atoms with E-state index in [4.69, 9.17) is 11.6 Å². The van der Waals surface area contributed by atoms with Crippen molar-refractivity contribution in [2.45, 2.75) is 20.8 Å². The minimum Gasteiger partial charge on any atom is -0.289 e. The Morgan fingerprint density at radius 2 is 1.58 bits per heavy atom. The second-order valence-electron chi connectivity index (χ2n) is 4.71. The fourth-order valence-corrected chi connectivity index (χ4v) is 2.34. The molecular weight excluding hydrogens is 263 g/mol. The zero-order valence-corrected chi connectivity index (χ0v) is 11.8. The molecule has 98 valence electrons. The Hall–Kier alpha value is -1.67. The molecule has 0 bridgehead atoms. The van der Waals surface area contributed by atoms with Gasteiger partial charge in [0.25, 0.3) is 0 Å². The van der Waals surface area contributed by atoms with Crippen molar-refractivity contribution in [1.82, 2.24) is 0 Å². The van der Waals surface area contributed by atoms with Crippen LogP contribution in [0.4, 0.5) is 4.39 Å². The molecule has 0 unspecified atom stereocenters. The molecule has 0 saturated carbocycles. The second kappa shape index (κ2) is 5.14. The number of aryl methyl sites for hydroxylation is 3. The number of benzene rings is 2. The number of rotatable bonds is 2. The highest BCUT2D eigenvalue weighted by atomic mass is 35.5. The molecule has 0 atom stereocenters. The van der Waals surface area contributed by atoms with E-state index in [0.717, 1.165) is 5.56 Å². The van der Waals surface area contributed by atoms with Crippen LogP contribution < -0.4 is 0 Å². The first-order chi connectivity index (χ1) is 8.90. The third-order valence-corrected chi connectivity index (χ3v) is 3.37. The summed E-state index contributed by atoms with van der Waals surface area (Å²) in [5, 5.41) is 0.598. The van der Waals surface area contributed by atoms with Gasteiger partial charge in [0.1, 0.15) is 5.82 Å². The highest BCUT2D eigenvalue weighted by Gasteiger charge is 2.14. The van der Waals surface area contributed by atoms with Crippen molar-refractivity contribution in [3.05, 3.63) is 69.0 Å².